The van der Waals surface area contributed by atoms with Crippen molar-refractivity contribution in [3.05, 3.63) is 28.5 Å². The van der Waals surface area contributed by atoms with E-state index in [4.69, 9.17) is 0 Å². The number of aromatic nitrogens is 1. The Morgan fingerprint density at radius 3 is 2.79 bits per heavy atom. The van der Waals surface area contributed by atoms with Crippen LogP contribution in [0.3, 0.4) is 0 Å². The van der Waals surface area contributed by atoms with E-state index in [2.05, 4.69) is 20.9 Å². The number of pyridine rings is 1. The molecule has 19 heavy (non-hydrogen) atoms. The standard InChI is InChI=1S/C12H15BrN2O3S/c1-8-9(2)19(17,18)6-5-15(8)12(16)10-3-4-14-7-11(10)13/h3-4,7-9H,5-6H2,1-2H3/t8-,9-/m1/s1. The highest BCUT2D eigenvalue weighted by molar-refractivity contribution is 9.10. The van der Waals surface area contributed by atoms with Gasteiger partial charge in [-0.25, -0.2) is 8.42 Å². The van der Waals surface area contributed by atoms with Gasteiger partial charge in [-0.3, -0.25) is 9.78 Å². The number of amides is 1. The molecule has 0 saturated carbocycles. The van der Waals surface area contributed by atoms with Crippen molar-refractivity contribution in [2.75, 3.05) is 12.3 Å². The molecule has 7 heteroatoms. The molecular weight excluding hydrogens is 332 g/mol. The number of hydrogen-bond donors (Lipinski definition) is 0. The summed E-state index contributed by atoms with van der Waals surface area (Å²) < 4.78 is 24.2. The molecule has 0 radical (unpaired) electrons. The average Bonchev–Trinajstić information content (AvgIpc) is 2.36. The first-order valence-electron chi connectivity index (χ1n) is 5.96. The van der Waals surface area contributed by atoms with Crippen LogP contribution in [0.4, 0.5) is 0 Å². The highest BCUT2D eigenvalue weighted by Crippen LogP contribution is 2.24. The topological polar surface area (TPSA) is 67.3 Å². The van der Waals surface area contributed by atoms with Crippen LogP contribution in [0.1, 0.15) is 24.2 Å². The summed E-state index contributed by atoms with van der Waals surface area (Å²) in [6.07, 6.45) is 3.11. The van der Waals surface area contributed by atoms with Gasteiger partial charge in [0.25, 0.3) is 5.91 Å². The molecule has 1 aromatic heterocycles. The largest absolute Gasteiger partial charge is 0.334 e. The smallest absolute Gasteiger partial charge is 0.255 e. The van der Waals surface area contributed by atoms with Crippen LogP contribution in [-0.2, 0) is 9.84 Å². The summed E-state index contributed by atoms with van der Waals surface area (Å²) in [7, 11) is -3.09. The quantitative estimate of drug-likeness (QED) is 0.772. The fourth-order valence-corrected chi connectivity index (χ4v) is 4.15. The van der Waals surface area contributed by atoms with Crippen molar-refractivity contribution < 1.29 is 13.2 Å². The van der Waals surface area contributed by atoms with E-state index in [1.165, 1.54) is 0 Å². The zero-order chi connectivity index (χ0) is 14.2. The Morgan fingerprint density at radius 1 is 1.47 bits per heavy atom. The molecule has 0 unspecified atom stereocenters. The van der Waals surface area contributed by atoms with E-state index >= 15 is 0 Å². The Bertz CT molecular complexity index is 603. The van der Waals surface area contributed by atoms with E-state index in [9.17, 15) is 13.2 Å². The summed E-state index contributed by atoms with van der Waals surface area (Å²) in [4.78, 5) is 18.0. The molecule has 1 amide bonds. The van der Waals surface area contributed by atoms with Gasteiger partial charge in [0, 0.05) is 29.5 Å². The van der Waals surface area contributed by atoms with E-state index in [0.717, 1.165) is 0 Å². The summed E-state index contributed by atoms with van der Waals surface area (Å²) >= 11 is 3.29. The molecule has 0 bridgehead atoms. The normalized spacial score (nSPS) is 26.2. The van der Waals surface area contributed by atoms with Crippen molar-refractivity contribution in [2.24, 2.45) is 0 Å². The number of rotatable bonds is 1. The number of halogens is 1. The molecule has 0 spiro atoms. The molecule has 0 N–H and O–H groups in total. The third kappa shape index (κ3) is 2.67. The van der Waals surface area contributed by atoms with Gasteiger partial charge in [0.2, 0.25) is 0 Å². The van der Waals surface area contributed by atoms with E-state index in [-0.39, 0.29) is 24.2 Å². The highest BCUT2D eigenvalue weighted by atomic mass is 79.9. The summed E-state index contributed by atoms with van der Waals surface area (Å²) in [5.74, 6) is -0.143. The van der Waals surface area contributed by atoms with E-state index in [0.29, 0.717) is 10.0 Å². The van der Waals surface area contributed by atoms with Gasteiger partial charge in [-0.15, -0.1) is 0 Å². The molecule has 1 fully saturated rings. The minimum Gasteiger partial charge on any atom is -0.334 e. The monoisotopic (exact) mass is 346 g/mol. The van der Waals surface area contributed by atoms with Crippen LogP contribution >= 0.6 is 15.9 Å². The Labute approximate surface area is 121 Å². The van der Waals surface area contributed by atoms with Gasteiger partial charge in [-0.1, -0.05) is 0 Å². The maximum absolute atomic E-state index is 12.5. The van der Waals surface area contributed by atoms with E-state index in [1.54, 1.807) is 37.2 Å². The fourth-order valence-electron chi connectivity index (χ4n) is 2.16. The van der Waals surface area contributed by atoms with Crippen LogP contribution in [0, 0.1) is 0 Å². The molecule has 2 rings (SSSR count). The second-order valence-corrected chi connectivity index (χ2v) is 8.00. The number of carbonyl (C=O) groups is 1. The van der Waals surface area contributed by atoms with Crippen LogP contribution in [0.25, 0.3) is 0 Å². The zero-order valence-electron chi connectivity index (χ0n) is 10.7. The predicted molar refractivity (Wildman–Crippen MR) is 75.7 cm³/mol. The Hall–Kier alpha value is -0.950. The molecule has 1 aliphatic rings. The Balaban J connectivity index is 2.29. The van der Waals surface area contributed by atoms with Crippen LogP contribution in [-0.4, -0.2) is 47.8 Å². The third-order valence-electron chi connectivity index (χ3n) is 3.62. The van der Waals surface area contributed by atoms with Gasteiger partial charge in [0.05, 0.1) is 16.6 Å². The van der Waals surface area contributed by atoms with Gasteiger partial charge in [-0.2, -0.15) is 0 Å². The fraction of sp³-hybridized carbons (Fsp3) is 0.500. The minimum atomic E-state index is -3.09. The molecule has 2 atom stereocenters. The van der Waals surface area contributed by atoms with Crippen LogP contribution in [0.15, 0.2) is 22.9 Å². The lowest BCUT2D eigenvalue weighted by molar-refractivity contribution is 0.0692. The lowest BCUT2D eigenvalue weighted by Crippen LogP contribution is -2.54. The molecule has 1 saturated heterocycles. The van der Waals surface area contributed by atoms with Gasteiger partial charge in [0.15, 0.2) is 9.84 Å². The minimum absolute atomic E-state index is 0.0208. The third-order valence-corrected chi connectivity index (χ3v) is 6.53. The van der Waals surface area contributed by atoms with E-state index < -0.39 is 15.1 Å². The van der Waals surface area contributed by atoms with Crippen LogP contribution in [0.2, 0.25) is 0 Å². The molecule has 5 nitrogen and oxygen atoms in total. The number of hydrogen-bond acceptors (Lipinski definition) is 4. The predicted octanol–water partition coefficient (Wildman–Crippen LogP) is 1.49. The first kappa shape index (κ1) is 14.5. The number of nitrogens with zero attached hydrogens (tertiary/aromatic N) is 2. The van der Waals surface area contributed by atoms with Gasteiger partial charge < -0.3 is 4.90 Å². The van der Waals surface area contributed by atoms with Crippen molar-refractivity contribution in [3.63, 3.8) is 0 Å². The Kier molecular flexibility index (Phi) is 3.96. The average molecular weight is 347 g/mol. The number of sulfone groups is 1. The Morgan fingerprint density at radius 2 is 2.16 bits per heavy atom. The SMILES string of the molecule is C[C@@H]1[C@@H](C)S(=O)(=O)CCN1C(=O)c1ccncc1Br. The molecule has 0 aliphatic carbocycles. The molecule has 1 aliphatic heterocycles. The lowest BCUT2D eigenvalue weighted by atomic mass is 10.1. The first-order valence-corrected chi connectivity index (χ1v) is 8.47. The maximum Gasteiger partial charge on any atom is 0.255 e. The van der Waals surface area contributed by atoms with E-state index in [1.807, 2.05) is 0 Å². The summed E-state index contributed by atoms with van der Waals surface area (Å²) in [5.41, 5.74) is 0.508. The zero-order valence-corrected chi connectivity index (χ0v) is 13.1. The number of carbonyl (C=O) groups excluding carboxylic acids is 1. The highest BCUT2D eigenvalue weighted by Gasteiger charge is 2.38. The maximum atomic E-state index is 12.5. The van der Waals surface area contributed by atoms with Crippen molar-refractivity contribution in [2.45, 2.75) is 25.1 Å². The molecule has 104 valence electrons. The van der Waals surface area contributed by atoms with Gasteiger partial charge in [-0.05, 0) is 35.8 Å². The summed E-state index contributed by atoms with van der Waals surface area (Å²) in [6.45, 7) is 3.66. The van der Waals surface area contributed by atoms with Gasteiger partial charge >= 0.3 is 0 Å². The molecule has 1 aromatic rings. The lowest BCUT2D eigenvalue weighted by Gasteiger charge is -2.37. The molecule has 2 heterocycles. The van der Waals surface area contributed by atoms with Crippen molar-refractivity contribution >= 4 is 31.7 Å². The summed E-state index contributed by atoms with van der Waals surface area (Å²) in [5, 5.41) is -0.536. The van der Waals surface area contributed by atoms with Crippen LogP contribution in [0.5, 0.6) is 0 Å². The first-order chi connectivity index (χ1) is 8.84. The summed E-state index contributed by atoms with van der Waals surface area (Å²) in [6, 6.07) is 1.30. The van der Waals surface area contributed by atoms with Crippen molar-refractivity contribution in [3.8, 4) is 0 Å². The second-order valence-electron chi connectivity index (χ2n) is 4.67. The van der Waals surface area contributed by atoms with Crippen LogP contribution < -0.4 is 0 Å². The van der Waals surface area contributed by atoms with Gasteiger partial charge in [0.1, 0.15) is 0 Å². The second kappa shape index (κ2) is 5.20. The molecular formula is C12H15BrN2O3S. The van der Waals surface area contributed by atoms with Crippen molar-refractivity contribution in [1.29, 1.82) is 0 Å². The molecule has 0 aromatic carbocycles. The van der Waals surface area contributed by atoms with Crippen molar-refractivity contribution in [1.82, 2.24) is 9.88 Å².